The molecule has 1 aromatic heterocycles. The lowest BCUT2D eigenvalue weighted by molar-refractivity contribution is -0.164. The highest BCUT2D eigenvalue weighted by atomic mass is 35.5. The predicted molar refractivity (Wildman–Crippen MR) is 263 cm³/mol. The highest BCUT2D eigenvalue weighted by molar-refractivity contribution is 6.31. The second-order valence-corrected chi connectivity index (χ2v) is 21.7. The lowest BCUT2D eigenvalue weighted by atomic mass is 9.49. The molecule has 69 heavy (non-hydrogen) atoms. The van der Waals surface area contributed by atoms with Crippen LogP contribution in [0.25, 0.3) is 0 Å². The van der Waals surface area contributed by atoms with E-state index in [1.807, 2.05) is 45.9 Å². The number of nitriles is 1. The summed E-state index contributed by atoms with van der Waals surface area (Å²) in [6, 6.07) is 17.2. The number of hydrogen-bond donors (Lipinski definition) is 4. The van der Waals surface area contributed by atoms with Gasteiger partial charge in [-0.05, 0) is 72.9 Å². The average Bonchev–Trinajstić information content (AvgIpc) is 3.73. The number of piperazine rings is 1. The minimum atomic E-state index is -0.901. The summed E-state index contributed by atoms with van der Waals surface area (Å²) in [5.41, 5.74) is 4.87. The fourth-order valence-electron chi connectivity index (χ4n) is 10.6. The van der Waals surface area contributed by atoms with E-state index in [1.54, 1.807) is 30.5 Å². The van der Waals surface area contributed by atoms with Gasteiger partial charge in [-0.1, -0.05) is 84.3 Å². The molecule has 4 heterocycles. The van der Waals surface area contributed by atoms with Crippen LogP contribution < -0.4 is 31.0 Å². The number of nitrogens with one attached hydrogen (secondary N) is 4. The maximum Gasteiger partial charge on any atom is 0.260 e. The molecular weight excluding hydrogens is 898 g/mol. The number of rotatable bonds is 16. The van der Waals surface area contributed by atoms with Gasteiger partial charge in [0.15, 0.2) is 0 Å². The van der Waals surface area contributed by atoms with E-state index >= 15 is 0 Å². The number of nitrogens with zero attached hydrogens (tertiary/aromatic N) is 5. The van der Waals surface area contributed by atoms with Crippen LogP contribution in [-0.4, -0.2) is 128 Å². The number of ether oxygens (including phenoxy) is 3. The SMILES string of the molecule is C[C@@H]1C[C@@H](C(=O)NCc2ccc(C3CCOCC3)cc2)N(C(=O)[C@@H](NC(=O)COCCN2CCN(c3ccc(C(=O)N[C@H]4C(C)(C)[C@H](Oc5ccc(C#N)c(Cl)c5)C4(C)C)cn3)CC2)C(C)(C)C)N1. The van der Waals surface area contributed by atoms with E-state index in [2.05, 4.69) is 82.1 Å². The fourth-order valence-corrected chi connectivity index (χ4v) is 10.8. The van der Waals surface area contributed by atoms with Crippen molar-refractivity contribution in [1.82, 2.24) is 36.3 Å². The molecule has 0 bridgehead atoms. The smallest absolute Gasteiger partial charge is 0.260 e. The van der Waals surface area contributed by atoms with Crippen molar-refractivity contribution in [3.63, 3.8) is 0 Å². The van der Waals surface area contributed by atoms with Crippen molar-refractivity contribution in [2.24, 2.45) is 16.2 Å². The molecule has 17 heteroatoms. The Labute approximate surface area is 412 Å². The minimum Gasteiger partial charge on any atom is -0.489 e. The van der Waals surface area contributed by atoms with Crippen molar-refractivity contribution in [1.29, 1.82) is 5.26 Å². The van der Waals surface area contributed by atoms with Crippen LogP contribution in [0.2, 0.25) is 5.02 Å². The van der Waals surface area contributed by atoms with Crippen LogP contribution in [0.15, 0.2) is 60.8 Å². The van der Waals surface area contributed by atoms with Crippen LogP contribution in [0.5, 0.6) is 5.75 Å². The third-order valence-corrected chi connectivity index (χ3v) is 14.6. The summed E-state index contributed by atoms with van der Waals surface area (Å²) >= 11 is 6.26. The first-order chi connectivity index (χ1) is 32.8. The summed E-state index contributed by atoms with van der Waals surface area (Å²) in [6.07, 6.45) is 3.87. The Hall–Kier alpha value is -5.31. The summed E-state index contributed by atoms with van der Waals surface area (Å²) < 4.78 is 17.7. The number of benzene rings is 2. The molecule has 4 aliphatic rings. The number of hydrazine groups is 1. The number of anilines is 1. The number of carbonyl (C=O) groups excluding carboxylic acids is 4. The molecule has 4 fully saturated rings. The van der Waals surface area contributed by atoms with Crippen molar-refractivity contribution < 1.29 is 33.4 Å². The van der Waals surface area contributed by atoms with Crippen molar-refractivity contribution >= 4 is 41.0 Å². The Bertz CT molecular complexity index is 2320. The zero-order chi connectivity index (χ0) is 49.7. The second kappa shape index (κ2) is 21.8. The largest absolute Gasteiger partial charge is 0.489 e. The molecule has 3 aromatic rings. The zero-order valence-corrected chi connectivity index (χ0v) is 42.2. The van der Waals surface area contributed by atoms with E-state index < -0.39 is 34.2 Å². The molecule has 16 nitrogen and oxygen atoms in total. The van der Waals surface area contributed by atoms with E-state index in [0.29, 0.717) is 53.9 Å². The zero-order valence-electron chi connectivity index (χ0n) is 41.4. The first-order valence-electron chi connectivity index (χ1n) is 24.3. The molecule has 2 aromatic carbocycles. The molecule has 0 spiro atoms. The normalized spacial score (nSPS) is 23.0. The summed E-state index contributed by atoms with van der Waals surface area (Å²) in [5.74, 6) is 0.627. The van der Waals surface area contributed by atoms with Crippen molar-refractivity contribution in [2.45, 2.75) is 117 Å². The van der Waals surface area contributed by atoms with E-state index in [-0.39, 0.29) is 42.5 Å². The van der Waals surface area contributed by atoms with Crippen LogP contribution in [0.1, 0.15) is 108 Å². The Morgan fingerprint density at radius 1 is 0.986 bits per heavy atom. The number of amides is 4. The standard InChI is InChI=1S/C52H70ClN9O7/c1-33-27-41(46(65)56-30-34-9-11-35(12-10-34)36-17-24-67-25-18-36)62(59-33)47(66)44(50(2,3)4)57-43(63)32-68-26-23-60-19-21-61(22-20-60)42-16-14-38(31-55-42)45(64)58-48-51(5,6)49(52(48,7)8)69-39-15-13-37(29-54)40(53)28-39/h9-16,28,31,33,36,41,44,48-49,59H,17-27,30,32H2,1-8H3,(H,56,65)(H,57,63)(H,58,64)/t33-,41+,44-,48-,49-/m1/s1. The molecule has 1 saturated carbocycles. The summed E-state index contributed by atoms with van der Waals surface area (Å²) in [6.45, 7) is 21.5. The van der Waals surface area contributed by atoms with E-state index in [9.17, 15) is 24.4 Å². The number of carbonyl (C=O) groups is 4. The summed E-state index contributed by atoms with van der Waals surface area (Å²) in [4.78, 5) is 63.5. The topological polar surface area (TPSA) is 190 Å². The average molecular weight is 969 g/mol. The molecule has 372 valence electrons. The van der Waals surface area contributed by atoms with Gasteiger partial charge in [0.25, 0.3) is 11.8 Å². The first-order valence-corrected chi connectivity index (χ1v) is 24.6. The van der Waals surface area contributed by atoms with Crippen molar-refractivity contribution in [3.05, 3.63) is 88.1 Å². The quantitative estimate of drug-likeness (QED) is 0.131. The number of hydrogen-bond acceptors (Lipinski definition) is 12. The molecule has 4 amide bonds. The van der Waals surface area contributed by atoms with Crippen molar-refractivity contribution in [3.8, 4) is 11.8 Å². The Kier molecular flexibility index (Phi) is 16.3. The van der Waals surface area contributed by atoms with Gasteiger partial charge in [0.2, 0.25) is 11.8 Å². The molecular formula is C52H70ClN9O7. The molecule has 1 aliphatic carbocycles. The highest BCUT2D eigenvalue weighted by Crippen LogP contribution is 2.55. The van der Waals surface area contributed by atoms with Gasteiger partial charge in [0.05, 0.1) is 22.8 Å². The number of halogens is 1. The van der Waals surface area contributed by atoms with Crippen LogP contribution in [0.4, 0.5) is 5.82 Å². The van der Waals surface area contributed by atoms with Gasteiger partial charge in [-0.25, -0.2) is 10.4 Å². The van der Waals surface area contributed by atoms with Gasteiger partial charge in [-0.2, -0.15) is 5.26 Å². The lowest BCUT2D eigenvalue weighted by Crippen LogP contribution is -2.74. The van der Waals surface area contributed by atoms with Gasteiger partial charge in [-0.15, -0.1) is 0 Å². The number of aromatic nitrogens is 1. The lowest BCUT2D eigenvalue weighted by Gasteiger charge is -2.63. The van der Waals surface area contributed by atoms with Gasteiger partial charge in [0, 0.05) is 87.7 Å². The molecule has 0 unspecified atom stereocenters. The molecule has 3 atom stereocenters. The fraction of sp³-hybridized carbons (Fsp3) is 0.577. The van der Waals surface area contributed by atoms with Gasteiger partial charge in [0.1, 0.15) is 42.4 Å². The Morgan fingerprint density at radius 3 is 2.30 bits per heavy atom. The highest BCUT2D eigenvalue weighted by Gasteiger charge is 2.64. The maximum absolute atomic E-state index is 14.1. The molecule has 3 aliphatic heterocycles. The molecule has 7 rings (SSSR count). The van der Waals surface area contributed by atoms with Gasteiger partial charge < -0.3 is 35.1 Å². The summed E-state index contributed by atoms with van der Waals surface area (Å²) in [5, 5.41) is 20.1. The first kappa shape index (κ1) is 51.5. The number of pyridine rings is 1. The van der Waals surface area contributed by atoms with Crippen LogP contribution >= 0.6 is 11.6 Å². The van der Waals surface area contributed by atoms with Gasteiger partial charge in [-0.3, -0.25) is 29.1 Å². The Morgan fingerprint density at radius 2 is 1.68 bits per heavy atom. The van der Waals surface area contributed by atoms with Crippen LogP contribution in [0, 0.1) is 27.6 Å². The van der Waals surface area contributed by atoms with E-state index in [4.69, 9.17) is 25.8 Å². The third-order valence-electron chi connectivity index (χ3n) is 14.3. The molecule has 3 saturated heterocycles. The summed E-state index contributed by atoms with van der Waals surface area (Å²) in [7, 11) is 0. The van der Waals surface area contributed by atoms with E-state index in [0.717, 1.165) is 63.6 Å². The van der Waals surface area contributed by atoms with E-state index in [1.165, 1.54) is 10.6 Å². The Balaban J connectivity index is 0.818. The monoisotopic (exact) mass is 968 g/mol. The van der Waals surface area contributed by atoms with Gasteiger partial charge >= 0.3 is 0 Å². The minimum absolute atomic E-state index is 0.112. The van der Waals surface area contributed by atoms with Crippen LogP contribution in [0.3, 0.4) is 0 Å². The third kappa shape index (κ3) is 12.2. The van der Waals surface area contributed by atoms with Crippen LogP contribution in [-0.2, 0) is 30.4 Å². The second-order valence-electron chi connectivity index (χ2n) is 21.3. The molecule has 0 radical (unpaired) electrons. The maximum atomic E-state index is 14.1. The molecule has 4 N–H and O–H groups in total. The van der Waals surface area contributed by atoms with Crippen molar-refractivity contribution in [2.75, 3.05) is 64.1 Å². The predicted octanol–water partition coefficient (Wildman–Crippen LogP) is 5.59.